The lowest BCUT2D eigenvalue weighted by molar-refractivity contribution is -0.126. The van der Waals surface area contributed by atoms with Crippen molar-refractivity contribution in [3.05, 3.63) is 96.6 Å². The summed E-state index contributed by atoms with van der Waals surface area (Å²) in [6.07, 6.45) is 0. The number of amides is 2. The highest BCUT2D eigenvalue weighted by molar-refractivity contribution is 8.00. The zero-order valence-electron chi connectivity index (χ0n) is 15.5. The lowest BCUT2D eigenvalue weighted by Gasteiger charge is -2.21. The second-order valence-electron chi connectivity index (χ2n) is 6.28. The summed E-state index contributed by atoms with van der Waals surface area (Å²) in [5, 5.41) is 5.44. The number of nitrogens with one attached hydrogen (secondary N) is 2. The lowest BCUT2D eigenvalue weighted by Crippen LogP contribution is -2.40. The van der Waals surface area contributed by atoms with Gasteiger partial charge in [-0.25, -0.2) is 0 Å². The third kappa shape index (κ3) is 5.47. The van der Waals surface area contributed by atoms with Gasteiger partial charge in [0.05, 0.1) is 5.25 Å². The smallest absolute Gasteiger partial charge is 0.251 e. The Morgan fingerprint density at radius 3 is 1.89 bits per heavy atom. The van der Waals surface area contributed by atoms with E-state index in [1.54, 1.807) is 0 Å². The summed E-state index contributed by atoms with van der Waals surface area (Å²) in [5.41, 5.74) is 1.43. The van der Waals surface area contributed by atoms with Crippen LogP contribution in [0, 0.1) is 0 Å². The molecule has 3 aromatic carbocycles. The van der Waals surface area contributed by atoms with E-state index < -0.39 is 6.04 Å². The highest BCUT2D eigenvalue weighted by Crippen LogP contribution is 2.24. The molecule has 2 unspecified atom stereocenters. The summed E-state index contributed by atoms with van der Waals surface area (Å²) in [4.78, 5) is 26.7. The molecule has 0 aliphatic rings. The molecular formula is C23H22N2O2S. The first-order valence-corrected chi connectivity index (χ1v) is 9.94. The molecule has 0 fully saturated rings. The minimum atomic E-state index is -0.771. The van der Waals surface area contributed by atoms with Crippen molar-refractivity contribution < 1.29 is 9.59 Å². The number of benzene rings is 3. The van der Waals surface area contributed by atoms with E-state index >= 15 is 0 Å². The fourth-order valence-electron chi connectivity index (χ4n) is 2.70. The molecule has 3 rings (SSSR count). The van der Waals surface area contributed by atoms with Gasteiger partial charge < -0.3 is 10.6 Å². The van der Waals surface area contributed by atoms with Crippen LogP contribution in [0.15, 0.2) is 95.9 Å². The number of thioether (sulfide) groups is 1. The van der Waals surface area contributed by atoms with E-state index in [2.05, 4.69) is 10.6 Å². The summed E-state index contributed by atoms with van der Waals surface area (Å²) in [5.74, 6) is -0.464. The van der Waals surface area contributed by atoms with Gasteiger partial charge in [-0.2, -0.15) is 0 Å². The van der Waals surface area contributed by atoms with Gasteiger partial charge in [0.2, 0.25) is 5.91 Å². The fraction of sp³-hybridized carbons (Fsp3) is 0.130. The maximum absolute atomic E-state index is 12.9. The maximum Gasteiger partial charge on any atom is 0.251 e. The molecule has 0 bridgehead atoms. The number of hydrogen-bond acceptors (Lipinski definition) is 3. The van der Waals surface area contributed by atoms with Gasteiger partial charge in [0, 0.05) is 10.6 Å². The van der Waals surface area contributed by atoms with Gasteiger partial charge >= 0.3 is 0 Å². The van der Waals surface area contributed by atoms with Crippen LogP contribution in [-0.2, 0) is 9.59 Å². The van der Waals surface area contributed by atoms with Gasteiger partial charge in [0.25, 0.3) is 5.91 Å². The van der Waals surface area contributed by atoms with Crippen LogP contribution in [-0.4, -0.2) is 17.1 Å². The Labute approximate surface area is 169 Å². The van der Waals surface area contributed by atoms with Crippen molar-refractivity contribution in [1.82, 2.24) is 5.32 Å². The van der Waals surface area contributed by atoms with Gasteiger partial charge in [-0.1, -0.05) is 66.7 Å². The highest BCUT2D eigenvalue weighted by atomic mass is 32.2. The molecule has 2 atom stereocenters. The first-order chi connectivity index (χ1) is 13.6. The molecule has 0 spiro atoms. The van der Waals surface area contributed by atoms with E-state index in [9.17, 15) is 9.59 Å². The fourth-order valence-corrected chi connectivity index (χ4v) is 3.60. The summed E-state index contributed by atoms with van der Waals surface area (Å²) in [6, 6.07) is 27.5. The molecule has 0 heterocycles. The van der Waals surface area contributed by atoms with Gasteiger partial charge in [-0.3, -0.25) is 9.59 Å². The van der Waals surface area contributed by atoms with Crippen LogP contribution in [0.5, 0.6) is 0 Å². The molecule has 0 aliphatic heterocycles. The number of anilines is 1. The van der Waals surface area contributed by atoms with E-state index in [0.29, 0.717) is 5.69 Å². The van der Waals surface area contributed by atoms with Crippen molar-refractivity contribution in [2.75, 3.05) is 5.32 Å². The van der Waals surface area contributed by atoms with Crippen LogP contribution in [0.1, 0.15) is 18.5 Å². The summed E-state index contributed by atoms with van der Waals surface area (Å²) in [7, 11) is 0. The zero-order chi connectivity index (χ0) is 19.8. The van der Waals surface area contributed by atoms with Gasteiger partial charge in [0.15, 0.2) is 0 Å². The molecule has 3 aromatic rings. The van der Waals surface area contributed by atoms with Crippen LogP contribution in [0.2, 0.25) is 0 Å². The number of carbonyl (C=O) groups excluding carboxylic acids is 2. The molecule has 5 heteroatoms. The minimum Gasteiger partial charge on any atom is -0.340 e. The Hall–Kier alpha value is -3.05. The third-order valence-electron chi connectivity index (χ3n) is 4.15. The van der Waals surface area contributed by atoms with E-state index in [1.807, 2.05) is 97.9 Å². The topological polar surface area (TPSA) is 58.2 Å². The van der Waals surface area contributed by atoms with Crippen molar-refractivity contribution in [3.8, 4) is 0 Å². The Morgan fingerprint density at radius 2 is 1.29 bits per heavy atom. The van der Waals surface area contributed by atoms with Crippen molar-refractivity contribution in [3.63, 3.8) is 0 Å². The largest absolute Gasteiger partial charge is 0.340 e. The lowest BCUT2D eigenvalue weighted by atomic mass is 10.1. The maximum atomic E-state index is 12.9. The summed E-state index contributed by atoms with van der Waals surface area (Å²) in [6.45, 7) is 1.84. The monoisotopic (exact) mass is 390 g/mol. The number of rotatable bonds is 7. The quantitative estimate of drug-likeness (QED) is 0.577. The molecule has 0 saturated heterocycles. The molecule has 0 aromatic heterocycles. The Balaban J connectivity index is 1.73. The highest BCUT2D eigenvalue weighted by Gasteiger charge is 2.25. The van der Waals surface area contributed by atoms with Crippen molar-refractivity contribution in [1.29, 1.82) is 0 Å². The normalized spacial score (nSPS) is 12.6. The van der Waals surface area contributed by atoms with Crippen molar-refractivity contribution in [2.45, 2.75) is 23.1 Å². The second-order valence-corrected chi connectivity index (χ2v) is 7.69. The van der Waals surface area contributed by atoms with Gasteiger partial charge in [-0.05, 0) is 36.8 Å². The Morgan fingerprint density at radius 1 is 0.750 bits per heavy atom. The average molecular weight is 391 g/mol. The van der Waals surface area contributed by atoms with Crippen molar-refractivity contribution >= 4 is 29.3 Å². The molecule has 0 aliphatic carbocycles. The first kappa shape index (κ1) is 19.7. The average Bonchev–Trinajstić information content (AvgIpc) is 2.73. The summed E-state index contributed by atoms with van der Waals surface area (Å²) >= 11 is 1.46. The second kappa shape index (κ2) is 9.76. The molecule has 0 radical (unpaired) electrons. The van der Waals surface area contributed by atoms with Crippen LogP contribution in [0.25, 0.3) is 0 Å². The van der Waals surface area contributed by atoms with E-state index in [0.717, 1.165) is 10.5 Å². The molecule has 142 valence electrons. The van der Waals surface area contributed by atoms with Crippen LogP contribution in [0.4, 0.5) is 5.69 Å². The predicted molar refractivity (Wildman–Crippen MR) is 114 cm³/mol. The predicted octanol–water partition coefficient (Wildman–Crippen LogP) is 4.66. The Kier molecular flexibility index (Phi) is 6.87. The van der Waals surface area contributed by atoms with Crippen LogP contribution < -0.4 is 10.6 Å². The van der Waals surface area contributed by atoms with E-state index in [4.69, 9.17) is 0 Å². The minimum absolute atomic E-state index is 0.189. The standard InChI is InChI=1S/C23H22N2O2S/c1-17(28-20-15-9-4-10-16-20)22(26)25-21(18-11-5-2-6-12-18)23(27)24-19-13-7-3-8-14-19/h2-17,21H,1H3,(H,24,27)(H,25,26). The van der Waals surface area contributed by atoms with E-state index in [-0.39, 0.29) is 17.1 Å². The molecule has 4 nitrogen and oxygen atoms in total. The number of hydrogen-bond donors (Lipinski definition) is 2. The number of para-hydroxylation sites is 1. The Bertz CT molecular complexity index is 902. The summed E-state index contributed by atoms with van der Waals surface area (Å²) < 4.78 is 0. The van der Waals surface area contributed by atoms with Crippen molar-refractivity contribution in [2.24, 2.45) is 0 Å². The van der Waals surface area contributed by atoms with Gasteiger partial charge in [-0.15, -0.1) is 11.8 Å². The molecule has 28 heavy (non-hydrogen) atoms. The molecule has 0 saturated carbocycles. The SMILES string of the molecule is CC(Sc1ccccc1)C(=O)NC(C(=O)Nc1ccccc1)c1ccccc1. The van der Waals surface area contributed by atoms with Gasteiger partial charge in [0.1, 0.15) is 6.04 Å². The first-order valence-electron chi connectivity index (χ1n) is 9.06. The van der Waals surface area contributed by atoms with E-state index in [1.165, 1.54) is 11.8 Å². The van der Waals surface area contributed by atoms with Crippen LogP contribution >= 0.6 is 11.8 Å². The molecule has 2 amide bonds. The molecular weight excluding hydrogens is 368 g/mol. The molecule has 2 N–H and O–H groups in total. The number of carbonyl (C=O) groups is 2. The zero-order valence-corrected chi connectivity index (χ0v) is 16.4. The third-order valence-corrected chi connectivity index (χ3v) is 5.26. The van der Waals surface area contributed by atoms with Crippen LogP contribution in [0.3, 0.4) is 0 Å².